The summed E-state index contributed by atoms with van der Waals surface area (Å²) in [6.07, 6.45) is 1.62. The lowest BCUT2D eigenvalue weighted by molar-refractivity contribution is 0.0690. The zero-order valence-electron chi connectivity index (χ0n) is 21.3. The van der Waals surface area contributed by atoms with Gasteiger partial charge in [-0.05, 0) is 51.0 Å². The highest BCUT2D eigenvalue weighted by Gasteiger charge is 2.30. The Morgan fingerprint density at radius 2 is 1.72 bits per heavy atom. The van der Waals surface area contributed by atoms with Gasteiger partial charge in [0.2, 0.25) is 0 Å². The van der Waals surface area contributed by atoms with E-state index in [0.29, 0.717) is 16.9 Å². The van der Waals surface area contributed by atoms with Crippen LogP contribution in [0.25, 0.3) is 21.9 Å². The molecule has 0 amide bonds. The number of rotatable bonds is 4. The Hall–Kier alpha value is -3.94. The molecule has 0 unspecified atom stereocenters. The Bertz CT molecular complexity index is 1490. The summed E-state index contributed by atoms with van der Waals surface area (Å²) in [5.74, 6) is 1.94. The van der Waals surface area contributed by atoms with Gasteiger partial charge in [-0.3, -0.25) is 0 Å². The number of carboxylic acids is 1. The molecule has 1 N–H and O–H groups in total. The third-order valence-corrected chi connectivity index (χ3v) is 6.15. The molecule has 8 nitrogen and oxygen atoms in total. The van der Waals surface area contributed by atoms with Crippen LogP contribution in [0.3, 0.4) is 0 Å². The summed E-state index contributed by atoms with van der Waals surface area (Å²) in [5, 5.41) is 10.8. The number of methoxy groups -OCH3 is 2. The van der Waals surface area contributed by atoms with Gasteiger partial charge in [0.05, 0.1) is 19.6 Å². The second kappa shape index (κ2) is 9.60. The van der Waals surface area contributed by atoms with Crippen LogP contribution in [0.5, 0.6) is 17.2 Å². The number of hydrogen-bond donors (Lipinski definition) is 1. The number of ether oxygens (including phenoxy) is 3. The first kappa shape index (κ1) is 25.2. The predicted octanol–water partition coefficient (Wildman–Crippen LogP) is 6.17. The van der Waals surface area contributed by atoms with Crippen LogP contribution < -0.4 is 19.8 Å². The van der Waals surface area contributed by atoms with Gasteiger partial charge in [-0.2, -0.15) is 0 Å². The average Bonchev–Trinajstić information content (AvgIpc) is 3.19. The van der Waals surface area contributed by atoms with Crippen LogP contribution in [0.15, 0.2) is 50.0 Å². The standard InChI is InChI=1S/C15H14O4.C13H16O4/c1-8(2)14-15(17-3)10-6-9-4-5-13(16)18-11(9)7-12(10)19-14;1-13(2)7-6-8-10(17-13)5-4-9(12(14)15)11(8)16-3/h4-8H,1-3H3;4-5H,6-7H2,1-3H3,(H,14,15). The van der Waals surface area contributed by atoms with Crippen molar-refractivity contribution in [3.63, 3.8) is 0 Å². The fraction of sp³-hybridized carbons (Fsp3) is 0.357. The van der Waals surface area contributed by atoms with Gasteiger partial charge < -0.3 is 28.2 Å². The summed E-state index contributed by atoms with van der Waals surface area (Å²) < 4.78 is 27.5. The van der Waals surface area contributed by atoms with Crippen LogP contribution in [0, 0.1) is 0 Å². The van der Waals surface area contributed by atoms with E-state index in [4.69, 9.17) is 28.2 Å². The highest BCUT2D eigenvalue weighted by molar-refractivity contribution is 5.97. The minimum atomic E-state index is -0.977. The van der Waals surface area contributed by atoms with E-state index in [1.54, 1.807) is 25.3 Å². The van der Waals surface area contributed by atoms with E-state index in [9.17, 15) is 9.59 Å². The van der Waals surface area contributed by atoms with Crippen molar-refractivity contribution in [3.8, 4) is 17.2 Å². The van der Waals surface area contributed by atoms with Crippen molar-refractivity contribution in [2.75, 3.05) is 14.2 Å². The monoisotopic (exact) mass is 494 g/mol. The van der Waals surface area contributed by atoms with Crippen molar-refractivity contribution in [2.45, 2.75) is 52.1 Å². The molecule has 4 aromatic rings. The maximum atomic E-state index is 11.2. The zero-order valence-corrected chi connectivity index (χ0v) is 21.3. The van der Waals surface area contributed by atoms with Gasteiger partial charge in [-0.25, -0.2) is 9.59 Å². The first-order valence-corrected chi connectivity index (χ1v) is 11.7. The van der Waals surface area contributed by atoms with Crippen LogP contribution >= 0.6 is 0 Å². The van der Waals surface area contributed by atoms with Crippen molar-refractivity contribution >= 4 is 27.9 Å². The zero-order chi connectivity index (χ0) is 26.2. The lowest BCUT2D eigenvalue weighted by Crippen LogP contribution is -2.32. The van der Waals surface area contributed by atoms with Crippen LogP contribution in [0.1, 0.15) is 61.7 Å². The Morgan fingerprint density at radius 3 is 2.36 bits per heavy atom. The topological polar surface area (TPSA) is 108 Å². The third kappa shape index (κ3) is 4.76. The average molecular weight is 495 g/mol. The number of hydrogen-bond acceptors (Lipinski definition) is 7. The number of benzene rings is 2. The van der Waals surface area contributed by atoms with E-state index in [-0.39, 0.29) is 22.7 Å². The van der Waals surface area contributed by atoms with Crippen LogP contribution in [0.2, 0.25) is 0 Å². The van der Waals surface area contributed by atoms with Gasteiger partial charge in [0.15, 0.2) is 5.75 Å². The highest BCUT2D eigenvalue weighted by Crippen LogP contribution is 2.40. The molecule has 0 atom stereocenters. The van der Waals surface area contributed by atoms with E-state index < -0.39 is 5.97 Å². The Labute approximate surface area is 208 Å². The van der Waals surface area contributed by atoms with Gasteiger partial charge in [-0.1, -0.05) is 13.8 Å². The normalized spacial score (nSPS) is 14.1. The molecule has 1 aliphatic heterocycles. The summed E-state index contributed by atoms with van der Waals surface area (Å²) >= 11 is 0. The summed E-state index contributed by atoms with van der Waals surface area (Å²) in [6, 6.07) is 10.0. The first-order chi connectivity index (χ1) is 17.0. The van der Waals surface area contributed by atoms with Crippen molar-refractivity contribution < 1.29 is 32.9 Å². The molecule has 0 spiro atoms. The van der Waals surface area contributed by atoms with Crippen molar-refractivity contribution in [1.82, 2.24) is 0 Å². The summed E-state index contributed by atoms with van der Waals surface area (Å²) in [5.41, 5.74) is 1.66. The maximum Gasteiger partial charge on any atom is 0.339 e. The Morgan fingerprint density at radius 1 is 1.00 bits per heavy atom. The maximum absolute atomic E-state index is 11.2. The summed E-state index contributed by atoms with van der Waals surface area (Å²) in [4.78, 5) is 22.3. The fourth-order valence-corrected chi connectivity index (χ4v) is 4.37. The quantitative estimate of drug-likeness (QED) is 0.336. The van der Waals surface area contributed by atoms with Crippen LogP contribution in [-0.2, 0) is 6.42 Å². The van der Waals surface area contributed by atoms with Gasteiger partial charge in [0.25, 0.3) is 0 Å². The van der Waals surface area contributed by atoms with Crippen LogP contribution in [-0.4, -0.2) is 30.9 Å². The molecular formula is C28H30O8. The largest absolute Gasteiger partial charge is 0.495 e. The first-order valence-electron chi connectivity index (χ1n) is 11.7. The number of furan rings is 1. The van der Waals surface area contributed by atoms with E-state index >= 15 is 0 Å². The lowest BCUT2D eigenvalue weighted by Gasteiger charge is -2.33. The molecule has 1 aliphatic rings. The predicted molar refractivity (Wildman–Crippen MR) is 136 cm³/mol. The fourth-order valence-electron chi connectivity index (χ4n) is 4.37. The smallest absolute Gasteiger partial charge is 0.339 e. The Kier molecular flexibility index (Phi) is 6.71. The highest BCUT2D eigenvalue weighted by atomic mass is 16.5. The minimum Gasteiger partial charge on any atom is -0.495 e. The number of carbonyl (C=O) groups is 1. The van der Waals surface area contributed by atoms with E-state index in [1.165, 1.54) is 19.2 Å². The van der Waals surface area contributed by atoms with E-state index in [2.05, 4.69) is 0 Å². The molecule has 5 rings (SSSR count). The second-order valence-corrected chi connectivity index (χ2v) is 9.58. The molecule has 36 heavy (non-hydrogen) atoms. The molecule has 0 aliphatic carbocycles. The summed E-state index contributed by atoms with van der Waals surface area (Å²) in [7, 11) is 3.12. The number of carboxylic acid groups (broad SMARTS) is 1. The van der Waals surface area contributed by atoms with Gasteiger partial charge in [0.1, 0.15) is 39.6 Å². The molecule has 8 heteroatoms. The van der Waals surface area contributed by atoms with Gasteiger partial charge >= 0.3 is 11.6 Å². The van der Waals surface area contributed by atoms with Crippen molar-refractivity contribution in [3.05, 3.63) is 63.7 Å². The molecule has 2 aromatic carbocycles. The molecule has 3 heterocycles. The van der Waals surface area contributed by atoms with Gasteiger partial charge in [-0.15, -0.1) is 0 Å². The Balaban J connectivity index is 0.000000170. The van der Waals surface area contributed by atoms with Crippen LogP contribution in [0.4, 0.5) is 0 Å². The van der Waals surface area contributed by atoms with Crippen molar-refractivity contribution in [2.24, 2.45) is 0 Å². The molecule has 0 saturated heterocycles. The lowest BCUT2D eigenvalue weighted by atomic mass is 9.92. The molecule has 0 bridgehead atoms. The third-order valence-electron chi connectivity index (χ3n) is 6.15. The summed E-state index contributed by atoms with van der Waals surface area (Å²) in [6.45, 7) is 8.13. The van der Waals surface area contributed by atoms with Crippen molar-refractivity contribution in [1.29, 1.82) is 0 Å². The molecule has 190 valence electrons. The second-order valence-electron chi connectivity index (χ2n) is 9.58. The molecule has 2 aromatic heterocycles. The van der Waals surface area contributed by atoms with Gasteiger partial charge in [0, 0.05) is 29.0 Å². The molecular weight excluding hydrogens is 464 g/mol. The molecule has 0 saturated carbocycles. The molecule has 0 radical (unpaired) electrons. The van der Waals surface area contributed by atoms with E-state index in [1.807, 2.05) is 33.8 Å². The molecule has 0 fully saturated rings. The minimum absolute atomic E-state index is 0.189. The number of fused-ring (bicyclic) bond motifs is 3. The SMILES string of the molecule is COc1c(C(=O)O)ccc2c1CCC(C)(C)O2.COc1c(C(C)C)oc2cc3oc(=O)ccc3cc12. The number of aromatic carboxylic acids is 1. The van der Waals surface area contributed by atoms with E-state index in [0.717, 1.165) is 46.4 Å².